The lowest BCUT2D eigenvalue weighted by Gasteiger charge is -2.14. The quantitative estimate of drug-likeness (QED) is 0.848. The summed E-state index contributed by atoms with van der Waals surface area (Å²) in [7, 11) is 1.65. The first-order valence-corrected chi connectivity index (χ1v) is 7.50. The molecule has 1 fully saturated rings. The third kappa shape index (κ3) is 3.42. The number of rotatable bonds is 7. The summed E-state index contributed by atoms with van der Waals surface area (Å²) >= 11 is 0. The van der Waals surface area contributed by atoms with Gasteiger partial charge in [-0.3, -0.25) is 0 Å². The van der Waals surface area contributed by atoms with Crippen molar-refractivity contribution in [3.05, 3.63) is 30.2 Å². The Morgan fingerprint density at radius 3 is 3.00 bits per heavy atom. The molecule has 0 radical (unpaired) electrons. The Labute approximate surface area is 124 Å². The average Bonchev–Trinajstić information content (AvgIpc) is 3.26. The highest BCUT2D eigenvalue weighted by Gasteiger charge is 2.31. The van der Waals surface area contributed by atoms with Crippen molar-refractivity contribution in [1.82, 2.24) is 15.5 Å². The second-order valence-corrected chi connectivity index (χ2v) is 5.45. The molecule has 112 valence electrons. The molecule has 1 aliphatic rings. The van der Waals surface area contributed by atoms with E-state index in [9.17, 15) is 0 Å². The van der Waals surface area contributed by atoms with Gasteiger partial charge >= 0.3 is 0 Å². The van der Waals surface area contributed by atoms with E-state index in [4.69, 9.17) is 9.26 Å². The number of aromatic nitrogens is 2. The molecule has 1 atom stereocenters. The Morgan fingerprint density at radius 1 is 1.43 bits per heavy atom. The van der Waals surface area contributed by atoms with E-state index in [1.807, 2.05) is 24.3 Å². The Kier molecular flexibility index (Phi) is 4.20. The van der Waals surface area contributed by atoms with Gasteiger partial charge in [0.15, 0.2) is 0 Å². The minimum atomic E-state index is 0.452. The molecule has 0 saturated heterocycles. The third-order valence-corrected chi connectivity index (χ3v) is 3.85. The Balaban J connectivity index is 1.73. The van der Waals surface area contributed by atoms with Crippen LogP contribution in [0.15, 0.2) is 28.8 Å². The first-order chi connectivity index (χ1) is 10.3. The number of methoxy groups -OCH3 is 1. The summed E-state index contributed by atoms with van der Waals surface area (Å²) in [4.78, 5) is 4.51. The van der Waals surface area contributed by atoms with Gasteiger partial charge in [-0.25, -0.2) is 0 Å². The van der Waals surface area contributed by atoms with Crippen LogP contribution in [0.2, 0.25) is 0 Å². The summed E-state index contributed by atoms with van der Waals surface area (Å²) in [6.45, 7) is 3.10. The van der Waals surface area contributed by atoms with Crippen molar-refractivity contribution < 1.29 is 9.26 Å². The predicted molar refractivity (Wildman–Crippen MR) is 80.2 cm³/mol. The number of hydrogen-bond donors (Lipinski definition) is 1. The summed E-state index contributed by atoms with van der Waals surface area (Å²) in [5, 5.41) is 7.60. The second kappa shape index (κ2) is 6.26. The molecule has 0 bridgehead atoms. The number of hydrogen-bond acceptors (Lipinski definition) is 5. The molecule has 0 aliphatic heterocycles. The number of nitrogens with one attached hydrogen (secondary N) is 1. The molecule has 5 nitrogen and oxygen atoms in total. The first-order valence-electron chi connectivity index (χ1n) is 7.50. The highest BCUT2D eigenvalue weighted by atomic mass is 16.5. The van der Waals surface area contributed by atoms with Gasteiger partial charge in [-0.15, -0.1) is 0 Å². The van der Waals surface area contributed by atoms with Crippen molar-refractivity contribution in [2.45, 2.75) is 32.2 Å². The number of likely N-dealkylation sites (N-methyl/N-ethyl adjacent to an activating group) is 1. The molecule has 1 unspecified atom stereocenters. The van der Waals surface area contributed by atoms with Crippen molar-refractivity contribution in [3.8, 4) is 17.1 Å². The molecular weight excluding hydrogens is 266 g/mol. The maximum atomic E-state index is 5.41. The Hall–Kier alpha value is -1.88. The van der Waals surface area contributed by atoms with E-state index in [-0.39, 0.29) is 0 Å². The fourth-order valence-corrected chi connectivity index (χ4v) is 2.57. The molecule has 1 aliphatic carbocycles. The van der Waals surface area contributed by atoms with Crippen LogP contribution >= 0.6 is 0 Å². The van der Waals surface area contributed by atoms with Crippen LogP contribution in [0.1, 0.15) is 25.7 Å². The van der Waals surface area contributed by atoms with Crippen LogP contribution in [0.4, 0.5) is 0 Å². The molecule has 1 saturated carbocycles. The lowest BCUT2D eigenvalue weighted by Crippen LogP contribution is -2.33. The van der Waals surface area contributed by atoms with Gasteiger partial charge in [-0.05, 0) is 37.4 Å². The molecule has 5 heteroatoms. The lowest BCUT2D eigenvalue weighted by atomic mass is 10.1. The zero-order valence-electron chi connectivity index (χ0n) is 12.5. The highest BCUT2D eigenvalue weighted by molar-refractivity contribution is 5.56. The van der Waals surface area contributed by atoms with Crippen LogP contribution < -0.4 is 10.1 Å². The lowest BCUT2D eigenvalue weighted by molar-refractivity contribution is 0.348. The van der Waals surface area contributed by atoms with E-state index in [1.165, 1.54) is 12.8 Å². The number of ether oxygens (including phenoxy) is 1. The minimum absolute atomic E-state index is 0.452. The summed E-state index contributed by atoms with van der Waals surface area (Å²) in [6.07, 6.45) is 3.40. The van der Waals surface area contributed by atoms with Gasteiger partial charge in [0.05, 0.1) is 7.11 Å². The van der Waals surface area contributed by atoms with Gasteiger partial charge in [0.2, 0.25) is 11.7 Å². The monoisotopic (exact) mass is 287 g/mol. The molecule has 3 rings (SSSR count). The van der Waals surface area contributed by atoms with Gasteiger partial charge in [-0.2, -0.15) is 4.98 Å². The molecule has 21 heavy (non-hydrogen) atoms. The fourth-order valence-electron chi connectivity index (χ4n) is 2.57. The van der Waals surface area contributed by atoms with Crippen LogP contribution in [0.5, 0.6) is 5.75 Å². The Bertz CT molecular complexity index is 593. The number of nitrogens with zero attached hydrogens (tertiary/aromatic N) is 2. The molecule has 1 heterocycles. The van der Waals surface area contributed by atoms with E-state index in [2.05, 4.69) is 22.4 Å². The predicted octanol–water partition coefficient (Wildman–Crippen LogP) is 2.68. The summed E-state index contributed by atoms with van der Waals surface area (Å²) in [5.41, 5.74) is 0.913. The number of benzene rings is 1. The second-order valence-electron chi connectivity index (χ2n) is 5.45. The summed E-state index contributed by atoms with van der Waals surface area (Å²) in [6, 6.07) is 8.15. The van der Waals surface area contributed by atoms with Crippen molar-refractivity contribution in [2.24, 2.45) is 5.92 Å². The maximum absolute atomic E-state index is 5.41. The minimum Gasteiger partial charge on any atom is -0.497 e. The standard InChI is InChI=1S/C16H21N3O2/c1-3-17-14(11-7-8-11)10-15-18-16(19-21-15)12-5-4-6-13(9-12)20-2/h4-6,9,11,14,17H,3,7-8,10H2,1-2H3. The van der Waals surface area contributed by atoms with E-state index in [0.717, 1.165) is 30.2 Å². The SMILES string of the molecule is CCNC(Cc1nc(-c2cccc(OC)c2)no1)C1CC1. The van der Waals surface area contributed by atoms with E-state index < -0.39 is 0 Å². The third-order valence-electron chi connectivity index (χ3n) is 3.85. The fraction of sp³-hybridized carbons (Fsp3) is 0.500. The van der Waals surface area contributed by atoms with Crippen LogP contribution in [0.3, 0.4) is 0 Å². The van der Waals surface area contributed by atoms with Crippen molar-refractivity contribution >= 4 is 0 Å². The largest absolute Gasteiger partial charge is 0.497 e. The van der Waals surface area contributed by atoms with Crippen molar-refractivity contribution in [1.29, 1.82) is 0 Å². The summed E-state index contributed by atoms with van der Waals surface area (Å²) in [5.74, 6) is 2.88. The van der Waals surface area contributed by atoms with Crippen LogP contribution in [-0.4, -0.2) is 29.8 Å². The zero-order chi connectivity index (χ0) is 14.7. The van der Waals surface area contributed by atoms with Gasteiger partial charge < -0.3 is 14.6 Å². The summed E-state index contributed by atoms with van der Waals surface area (Å²) < 4.78 is 10.6. The van der Waals surface area contributed by atoms with E-state index >= 15 is 0 Å². The van der Waals surface area contributed by atoms with Gasteiger partial charge in [0, 0.05) is 18.0 Å². The van der Waals surface area contributed by atoms with Gasteiger partial charge in [-0.1, -0.05) is 24.2 Å². The molecular formula is C16H21N3O2. The van der Waals surface area contributed by atoms with Crippen LogP contribution in [-0.2, 0) is 6.42 Å². The van der Waals surface area contributed by atoms with Gasteiger partial charge in [0.25, 0.3) is 0 Å². The van der Waals surface area contributed by atoms with Crippen LogP contribution in [0.25, 0.3) is 11.4 Å². The molecule has 2 aromatic rings. The smallest absolute Gasteiger partial charge is 0.228 e. The van der Waals surface area contributed by atoms with Crippen molar-refractivity contribution in [3.63, 3.8) is 0 Å². The molecule has 1 aromatic carbocycles. The van der Waals surface area contributed by atoms with Gasteiger partial charge in [0.1, 0.15) is 5.75 Å². The van der Waals surface area contributed by atoms with Crippen molar-refractivity contribution in [2.75, 3.05) is 13.7 Å². The molecule has 1 aromatic heterocycles. The van der Waals surface area contributed by atoms with E-state index in [1.54, 1.807) is 7.11 Å². The van der Waals surface area contributed by atoms with E-state index in [0.29, 0.717) is 17.8 Å². The molecule has 0 amide bonds. The topological polar surface area (TPSA) is 60.2 Å². The maximum Gasteiger partial charge on any atom is 0.228 e. The first kappa shape index (κ1) is 14.1. The van der Waals surface area contributed by atoms with Crippen LogP contribution in [0, 0.1) is 5.92 Å². The molecule has 0 spiro atoms. The Morgan fingerprint density at radius 2 is 2.29 bits per heavy atom. The average molecular weight is 287 g/mol. The normalized spacial score (nSPS) is 15.9. The highest BCUT2D eigenvalue weighted by Crippen LogP contribution is 2.34. The molecule has 1 N–H and O–H groups in total. The zero-order valence-corrected chi connectivity index (χ0v) is 12.5.